The van der Waals surface area contributed by atoms with Crippen LogP contribution in [0.2, 0.25) is 5.02 Å². The molecular formula is C9H11BrClNS. The quantitative estimate of drug-likeness (QED) is 0.872. The monoisotopic (exact) mass is 279 g/mol. The Balaban J connectivity index is 2.14. The van der Waals surface area contributed by atoms with Crippen molar-refractivity contribution in [2.24, 2.45) is 11.7 Å². The van der Waals surface area contributed by atoms with Crippen LogP contribution in [-0.2, 0) is 0 Å². The van der Waals surface area contributed by atoms with Crippen LogP contribution in [0.3, 0.4) is 0 Å². The summed E-state index contributed by atoms with van der Waals surface area (Å²) >= 11 is 11.0. The molecule has 1 unspecified atom stereocenters. The van der Waals surface area contributed by atoms with Crippen LogP contribution < -0.4 is 5.73 Å². The summed E-state index contributed by atoms with van der Waals surface area (Å²) in [4.78, 5) is 1.21. The highest BCUT2D eigenvalue weighted by Gasteiger charge is 2.26. The zero-order valence-electron chi connectivity index (χ0n) is 7.09. The molecule has 13 heavy (non-hydrogen) atoms. The largest absolute Gasteiger partial charge is 0.323 e. The van der Waals surface area contributed by atoms with Crippen LogP contribution in [-0.4, -0.2) is 0 Å². The van der Waals surface area contributed by atoms with Gasteiger partial charge in [-0.3, -0.25) is 0 Å². The van der Waals surface area contributed by atoms with Gasteiger partial charge >= 0.3 is 0 Å². The lowest BCUT2D eigenvalue weighted by Crippen LogP contribution is -2.25. The zero-order chi connectivity index (χ0) is 9.42. The Bertz CT molecular complexity index is 289. The van der Waals surface area contributed by atoms with E-state index >= 15 is 0 Å². The molecule has 72 valence electrons. The van der Waals surface area contributed by atoms with Gasteiger partial charge in [-0.2, -0.15) is 0 Å². The Kier molecular flexibility index (Phi) is 2.98. The highest BCUT2D eigenvalue weighted by molar-refractivity contribution is 9.11. The Morgan fingerprint density at radius 1 is 1.62 bits per heavy atom. The fourth-order valence-electron chi connectivity index (χ4n) is 1.56. The van der Waals surface area contributed by atoms with Crippen molar-refractivity contribution in [2.75, 3.05) is 0 Å². The molecule has 0 aliphatic heterocycles. The van der Waals surface area contributed by atoms with E-state index in [2.05, 4.69) is 15.9 Å². The van der Waals surface area contributed by atoms with E-state index in [9.17, 15) is 0 Å². The molecule has 0 bridgehead atoms. The molecule has 0 radical (unpaired) electrons. The van der Waals surface area contributed by atoms with Gasteiger partial charge in [0.15, 0.2) is 0 Å². The van der Waals surface area contributed by atoms with E-state index in [0.29, 0.717) is 5.92 Å². The summed E-state index contributed by atoms with van der Waals surface area (Å²) in [6.07, 6.45) is 3.88. The van der Waals surface area contributed by atoms with Crippen LogP contribution in [0.4, 0.5) is 0 Å². The first kappa shape index (κ1) is 9.97. The van der Waals surface area contributed by atoms with Crippen molar-refractivity contribution in [3.63, 3.8) is 0 Å². The molecule has 1 atom stereocenters. The fourth-order valence-corrected chi connectivity index (χ4v) is 3.40. The summed E-state index contributed by atoms with van der Waals surface area (Å²) < 4.78 is 0.999. The van der Waals surface area contributed by atoms with Gasteiger partial charge in [0.2, 0.25) is 0 Å². The van der Waals surface area contributed by atoms with E-state index in [4.69, 9.17) is 17.3 Å². The molecule has 0 aromatic carbocycles. The average molecular weight is 281 g/mol. The maximum absolute atomic E-state index is 6.11. The summed E-state index contributed by atoms with van der Waals surface area (Å²) in [5, 5.41) is 0.787. The van der Waals surface area contributed by atoms with Crippen molar-refractivity contribution < 1.29 is 0 Å². The third kappa shape index (κ3) is 1.94. The van der Waals surface area contributed by atoms with Gasteiger partial charge in [-0.25, -0.2) is 0 Å². The standard InChI is InChI=1S/C9H11BrClNS/c10-9-6(11)4-7(13-9)8(12)5-2-1-3-5/h4-5,8H,1-3,12H2. The molecule has 0 spiro atoms. The van der Waals surface area contributed by atoms with Gasteiger partial charge in [0, 0.05) is 10.9 Å². The number of nitrogens with two attached hydrogens (primary N) is 1. The first-order valence-electron chi connectivity index (χ1n) is 4.39. The maximum Gasteiger partial charge on any atom is 0.0887 e. The van der Waals surface area contributed by atoms with Gasteiger partial charge in [-0.05, 0) is 40.8 Å². The van der Waals surface area contributed by atoms with Crippen LogP contribution in [0, 0.1) is 5.92 Å². The molecule has 1 aromatic heterocycles. The smallest absolute Gasteiger partial charge is 0.0887 e. The minimum Gasteiger partial charge on any atom is -0.323 e. The summed E-state index contributed by atoms with van der Waals surface area (Å²) in [6, 6.07) is 2.18. The molecule has 1 saturated carbocycles. The second-order valence-electron chi connectivity index (χ2n) is 3.49. The third-order valence-electron chi connectivity index (χ3n) is 2.65. The van der Waals surface area contributed by atoms with Crippen molar-refractivity contribution in [3.8, 4) is 0 Å². The van der Waals surface area contributed by atoms with Crippen LogP contribution in [0.25, 0.3) is 0 Å². The number of hydrogen-bond acceptors (Lipinski definition) is 2. The van der Waals surface area contributed by atoms with Gasteiger partial charge < -0.3 is 5.73 Å². The van der Waals surface area contributed by atoms with Gasteiger partial charge in [-0.1, -0.05) is 18.0 Å². The van der Waals surface area contributed by atoms with Crippen molar-refractivity contribution >= 4 is 38.9 Å². The maximum atomic E-state index is 6.11. The van der Waals surface area contributed by atoms with E-state index < -0.39 is 0 Å². The summed E-state index contributed by atoms with van der Waals surface area (Å²) in [7, 11) is 0. The summed E-state index contributed by atoms with van der Waals surface area (Å²) in [6.45, 7) is 0. The molecule has 1 nitrogen and oxygen atoms in total. The zero-order valence-corrected chi connectivity index (χ0v) is 10.3. The van der Waals surface area contributed by atoms with Crippen molar-refractivity contribution in [1.29, 1.82) is 0 Å². The number of thiophene rings is 1. The predicted octanol–water partition coefficient (Wildman–Crippen LogP) is 3.96. The SMILES string of the molecule is NC(c1cc(Cl)c(Br)s1)C1CCC1. The van der Waals surface area contributed by atoms with Gasteiger partial charge in [0.05, 0.1) is 8.81 Å². The van der Waals surface area contributed by atoms with E-state index in [0.717, 1.165) is 8.81 Å². The molecule has 1 heterocycles. The molecular weight excluding hydrogens is 270 g/mol. The van der Waals surface area contributed by atoms with E-state index in [1.165, 1.54) is 24.1 Å². The van der Waals surface area contributed by atoms with Crippen molar-refractivity contribution in [3.05, 3.63) is 19.8 Å². The molecule has 2 rings (SSSR count). The highest BCUT2D eigenvalue weighted by Crippen LogP contribution is 2.41. The average Bonchev–Trinajstić information content (AvgIpc) is 2.28. The third-order valence-corrected chi connectivity index (χ3v) is 5.23. The molecule has 1 aromatic rings. The van der Waals surface area contributed by atoms with Crippen molar-refractivity contribution in [2.45, 2.75) is 25.3 Å². The summed E-state index contributed by atoms with van der Waals surface area (Å²) in [5.74, 6) is 0.682. The van der Waals surface area contributed by atoms with Crippen LogP contribution in [0.15, 0.2) is 9.85 Å². The Labute approximate surface area is 95.4 Å². The van der Waals surface area contributed by atoms with Gasteiger partial charge in [0.1, 0.15) is 0 Å². The molecule has 1 fully saturated rings. The number of hydrogen-bond donors (Lipinski definition) is 1. The Morgan fingerprint density at radius 3 is 2.69 bits per heavy atom. The normalized spacial score (nSPS) is 19.9. The molecule has 1 aliphatic rings. The second kappa shape index (κ2) is 3.89. The lowest BCUT2D eigenvalue weighted by Gasteiger charge is -2.30. The molecule has 0 amide bonds. The van der Waals surface area contributed by atoms with Crippen LogP contribution in [0.5, 0.6) is 0 Å². The fraction of sp³-hybridized carbons (Fsp3) is 0.556. The lowest BCUT2D eigenvalue weighted by atomic mass is 9.79. The Hall–Kier alpha value is 0.430. The summed E-state index contributed by atoms with van der Waals surface area (Å²) in [5.41, 5.74) is 6.11. The second-order valence-corrected chi connectivity index (χ2v) is 6.30. The number of halogens is 2. The van der Waals surface area contributed by atoms with Gasteiger partial charge in [0.25, 0.3) is 0 Å². The Morgan fingerprint density at radius 2 is 2.31 bits per heavy atom. The lowest BCUT2D eigenvalue weighted by molar-refractivity contribution is 0.267. The highest BCUT2D eigenvalue weighted by atomic mass is 79.9. The van der Waals surface area contributed by atoms with Gasteiger partial charge in [-0.15, -0.1) is 11.3 Å². The topological polar surface area (TPSA) is 26.0 Å². The molecule has 1 aliphatic carbocycles. The number of rotatable bonds is 2. The first-order chi connectivity index (χ1) is 6.18. The molecule has 0 saturated heterocycles. The first-order valence-corrected chi connectivity index (χ1v) is 6.37. The molecule has 2 N–H and O–H groups in total. The van der Waals surface area contributed by atoms with Crippen molar-refractivity contribution in [1.82, 2.24) is 0 Å². The van der Waals surface area contributed by atoms with Crippen LogP contribution >= 0.6 is 38.9 Å². The van der Waals surface area contributed by atoms with E-state index in [-0.39, 0.29) is 6.04 Å². The van der Waals surface area contributed by atoms with E-state index in [1.807, 2.05) is 6.07 Å². The predicted molar refractivity (Wildman–Crippen MR) is 61.3 cm³/mol. The van der Waals surface area contributed by atoms with Crippen LogP contribution in [0.1, 0.15) is 30.2 Å². The molecule has 4 heteroatoms. The van der Waals surface area contributed by atoms with E-state index in [1.54, 1.807) is 11.3 Å². The minimum absolute atomic E-state index is 0.197. The minimum atomic E-state index is 0.197.